The van der Waals surface area contributed by atoms with Crippen LogP contribution in [-0.4, -0.2) is 36.2 Å². The molecular formula is C25H19N3O6. The van der Waals surface area contributed by atoms with Crippen molar-refractivity contribution in [1.29, 1.82) is 0 Å². The summed E-state index contributed by atoms with van der Waals surface area (Å²) in [5.41, 5.74) is 7.38. The molecule has 0 atom stereocenters. The van der Waals surface area contributed by atoms with Crippen LogP contribution in [0.3, 0.4) is 0 Å². The Balaban J connectivity index is 1.42. The van der Waals surface area contributed by atoms with Crippen LogP contribution in [0.15, 0.2) is 66.7 Å². The Kier molecular flexibility index (Phi) is 5.92. The van der Waals surface area contributed by atoms with Crippen LogP contribution in [-0.2, 0) is 9.53 Å². The summed E-state index contributed by atoms with van der Waals surface area (Å²) in [6, 6.07) is 16.9. The summed E-state index contributed by atoms with van der Waals surface area (Å²) in [6.45, 7) is 1.22. The second-order valence-electron chi connectivity index (χ2n) is 7.56. The van der Waals surface area contributed by atoms with Crippen LogP contribution < -0.4 is 16.0 Å². The van der Waals surface area contributed by atoms with Gasteiger partial charge in [0.1, 0.15) is 0 Å². The number of fused-ring (bicyclic) bond motifs is 1. The second kappa shape index (κ2) is 8.99. The van der Waals surface area contributed by atoms with Gasteiger partial charge in [-0.3, -0.25) is 19.2 Å². The third kappa shape index (κ3) is 4.26. The zero-order valence-electron chi connectivity index (χ0n) is 18.0. The van der Waals surface area contributed by atoms with Crippen molar-refractivity contribution >= 4 is 41.0 Å². The largest absolute Gasteiger partial charge is 0.452 e. The van der Waals surface area contributed by atoms with E-state index in [0.717, 1.165) is 10.5 Å². The molecule has 0 aliphatic carbocycles. The highest BCUT2D eigenvalue weighted by atomic mass is 16.5. The van der Waals surface area contributed by atoms with Crippen LogP contribution in [0, 0.1) is 6.92 Å². The van der Waals surface area contributed by atoms with Crippen molar-refractivity contribution in [2.45, 2.75) is 6.92 Å². The number of amides is 4. The number of nitrogens with one attached hydrogen (secondary N) is 1. The predicted molar refractivity (Wildman–Crippen MR) is 123 cm³/mol. The Morgan fingerprint density at radius 1 is 0.882 bits per heavy atom. The average molecular weight is 457 g/mol. The van der Waals surface area contributed by atoms with Gasteiger partial charge >= 0.3 is 5.97 Å². The van der Waals surface area contributed by atoms with Crippen molar-refractivity contribution in [3.8, 4) is 0 Å². The van der Waals surface area contributed by atoms with Crippen molar-refractivity contribution in [3.63, 3.8) is 0 Å². The van der Waals surface area contributed by atoms with Crippen LogP contribution in [0.5, 0.6) is 0 Å². The van der Waals surface area contributed by atoms with Gasteiger partial charge in [0.05, 0.1) is 22.4 Å². The average Bonchev–Trinajstić information content (AvgIpc) is 3.07. The lowest BCUT2D eigenvalue weighted by Gasteiger charge is -2.16. The van der Waals surface area contributed by atoms with Crippen LogP contribution >= 0.6 is 0 Å². The first-order valence-electron chi connectivity index (χ1n) is 10.2. The number of carbonyl (C=O) groups is 5. The van der Waals surface area contributed by atoms with Gasteiger partial charge in [-0.25, -0.2) is 9.69 Å². The number of esters is 1. The number of carbonyl (C=O) groups excluding carboxylic acids is 5. The van der Waals surface area contributed by atoms with Gasteiger partial charge in [-0.05, 0) is 61.0 Å². The number of benzene rings is 3. The second-order valence-corrected chi connectivity index (χ2v) is 7.56. The summed E-state index contributed by atoms with van der Waals surface area (Å²) in [5, 5.41) is 2.52. The number of primary amides is 1. The Bertz CT molecular complexity index is 1350. The van der Waals surface area contributed by atoms with Crippen molar-refractivity contribution in [2.24, 2.45) is 5.73 Å². The van der Waals surface area contributed by atoms with E-state index >= 15 is 0 Å². The molecule has 3 N–H and O–H groups in total. The summed E-state index contributed by atoms with van der Waals surface area (Å²) in [7, 11) is 0. The summed E-state index contributed by atoms with van der Waals surface area (Å²) in [4.78, 5) is 62.4. The van der Waals surface area contributed by atoms with Gasteiger partial charge in [-0.15, -0.1) is 0 Å². The molecule has 0 saturated carbocycles. The van der Waals surface area contributed by atoms with Crippen molar-refractivity contribution in [3.05, 3.63) is 94.5 Å². The lowest BCUT2D eigenvalue weighted by Crippen LogP contribution is -2.29. The van der Waals surface area contributed by atoms with Crippen molar-refractivity contribution in [1.82, 2.24) is 0 Å². The molecule has 1 aliphatic rings. The fourth-order valence-electron chi connectivity index (χ4n) is 3.53. The van der Waals surface area contributed by atoms with Crippen LogP contribution in [0.25, 0.3) is 0 Å². The van der Waals surface area contributed by atoms with E-state index in [0.29, 0.717) is 11.4 Å². The predicted octanol–water partition coefficient (Wildman–Crippen LogP) is 2.69. The smallest absolute Gasteiger partial charge is 0.338 e. The minimum absolute atomic E-state index is 0.0325. The van der Waals surface area contributed by atoms with Gasteiger partial charge in [0.15, 0.2) is 6.61 Å². The molecule has 1 aliphatic heterocycles. The molecule has 3 aromatic carbocycles. The molecule has 0 unspecified atom stereocenters. The molecule has 4 rings (SSSR count). The van der Waals surface area contributed by atoms with Gasteiger partial charge in [-0.1, -0.05) is 18.2 Å². The van der Waals surface area contributed by atoms with Crippen molar-refractivity contribution < 1.29 is 28.7 Å². The molecule has 34 heavy (non-hydrogen) atoms. The molecule has 3 aromatic rings. The monoisotopic (exact) mass is 457 g/mol. The number of rotatable bonds is 6. The van der Waals surface area contributed by atoms with Crippen molar-refractivity contribution in [2.75, 3.05) is 16.8 Å². The third-order valence-electron chi connectivity index (χ3n) is 5.27. The maximum atomic E-state index is 12.9. The van der Waals surface area contributed by atoms with Gasteiger partial charge in [-0.2, -0.15) is 0 Å². The van der Waals surface area contributed by atoms with Crippen LogP contribution in [0.1, 0.15) is 47.0 Å². The zero-order valence-corrected chi connectivity index (χ0v) is 18.0. The molecule has 9 nitrogen and oxygen atoms in total. The van der Waals surface area contributed by atoms with Crippen LogP contribution in [0.4, 0.5) is 11.4 Å². The number of hydrogen-bond donors (Lipinski definition) is 2. The highest BCUT2D eigenvalue weighted by Gasteiger charge is 2.37. The molecule has 0 spiro atoms. The Morgan fingerprint density at radius 3 is 2.21 bits per heavy atom. The highest BCUT2D eigenvalue weighted by molar-refractivity contribution is 6.35. The van der Waals surface area contributed by atoms with E-state index in [-0.39, 0.29) is 22.3 Å². The normalized spacial score (nSPS) is 12.3. The van der Waals surface area contributed by atoms with Gasteiger partial charge in [0.25, 0.3) is 17.7 Å². The lowest BCUT2D eigenvalue weighted by molar-refractivity contribution is -0.119. The first-order valence-corrected chi connectivity index (χ1v) is 10.2. The van der Waals surface area contributed by atoms with E-state index in [9.17, 15) is 24.0 Å². The summed E-state index contributed by atoms with van der Waals surface area (Å²) >= 11 is 0. The first-order chi connectivity index (χ1) is 16.3. The molecule has 0 fully saturated rings. The van der Waals surface area contributed by atoms with Gasteiger partial charge in [0.2, 0.25) is 5.91 Å². The Hall–Kier alpha value is -4.79. The molecule has 4 amide bonds. The minimum atomic E-state index is -0.823. The molecular weight excluding hydrogens is 438 g/mol. The van der Waals surface area contributed by atoms with E-state index < -0.39 is 36.2 Å². The standard InChI is InChI=1S/C25H19N3O6/c1-14-4-2-3-5-20(14)28-23(31)18-11-8-16(12-19(18)24(28)32)25(33)34-13-21(29)27-17-9-6-15(7-10-17)22(26)30/h2-12H,13H2,1H3,(H2,26,30)(H,27,29). The van der Waals surface area contributed by atoms with Crippen LogP contribution in [0.2, 0.25) is 0 Å². The Labute approximate surface area is 194 Å². The minimum Gasteiger partial charge on any atom is -0.452 e. The first kappa shape index (κ1) is 22.4. The van der Waals surface area contributed by atoms with E-state index in [2.05, 4.69) is 5.32 Å². The summed E-state index contributed by atoms with van der Waals surface area (Å²) < 4.78 is 5.04. The van der Waals surface area contributed by atoms with E-state index in [4.69, 9.17) is 10.5 Å². The molecule has 9 heteroatoms. The Morgan fingerprint density at radius 2 is 1.53 bits per heavy atom. The van der Waals surface area contributed by atoms with E-state index in [1.165, 1.54) is 42.5 Å². The summed E-state index contributed by atoms with van der Waals surface area (Å²) in [6.07, 6.45) is 0. The highest BCUT2D eigenvalue weighted by Crippen LogP contribution is 2.31. The number of nitrogens with two attached hydrogens (primary N) is 1. The lowest BCUT2D eigenvalue weighted by atomic mass is 10.1. The number of ether oxygens (including phenoxy) is 1. The maximum absolute atomic E-state index is 12.9. The fourth-order valence-corrected chi connectivity index (χ4v) is 3.53. The maximum Gasteiger partial charge on any atom is 0.338 e. The number of anilines is 2. The summed E-state index contributed by atoms with van der Waals surface area (Å²) in [5.74, 6) is -3.03. The number of imide groups is 1. The zero-order chi connectivity index (χ0) is 24.4. The number of aryl methyl sites for hydroxylation is 1. The molecule has 170 valence electrons. The molecule has 0 radical (unpaired) electrons. The van der Waals surface area contributed by atoms with Gasteiger partial charge < -0.3 is 15.8 Å². The van der Waals surface area contributed by atoms with E-state index in [1.807, 2.05) is 0 Å². The molecule has 0 saturated heterocycles. The fraction of sp³-hybridized carbons (Fsp3) is 0.0800. The molecule has 1 heterocycles. The number of para-hydroxylation sites is 1. The number of nitrogens with zero attached hydrogens (tertiary/aromatic N) is 1. The van der Waals surface area contributed by atoms with Gasteiger partial charge in [0, 0.05) is 11.3 Å². The molecule has 0 bridgehead atoms. The SMILES string of the molecule is Cc1ccccc1N1C(=O)c2ccc(C(=O)OCC(=O)Nc3ccc(C(N)=O)cc3)cc2C1=O. The topological polar surface area (TPSA) is 136 Å². The third-order valence-corrected chi connectivity index (χ3v) is 5.27. The molecule has 0 aromatic heterocycles. The van der Waals surface area contributed by atoms with E-state index in [1.54, 1.807) is 31.2 Å². The quantitative estimate of drug-likeness (QED) is 0.431. The number of hydrogen-bond acceptors (Lipinski definition) is 6.